The van der Waals surface area contributed by atoms with Gasteiger partial charge in [0.15, 0.2) is 0 Å². The number of aromatic hydroxyl groups is 1. The van der Waals surface area contributed by atoms with E-state index in [0.717, 1.165) is 12.8 Å². The zero-order valence-corrected chi connectivity index (χ0v) is 26.9. The normalized spacial score (nSPS) is 32.7. The van der Waals surface area contributed by atoms with Crippen LogP contribution in [0.3, 0.4) is 0 Å². The van der Waals surface area contributed by atoms with E-state index in [9.17, 15) is 30.0 Å². The van der Waals surface area contributed by atoms with Crippen molar-refractivity contribution in [3.05, 3.63) is 28.8 Å². The predicted molar refractivity (Wildman–Crippen MR) is 162 cm³/mol. The van der Waals surface area contributed by atoms with Gasteiger partial charge in [-0.2, -0.15) is 0 Å². The lowest BCUT2D eigenvalue weighted by atomic mass is 9.76. The molecule has 5 unspecified atom stereocenters. The molecule has 0 aromatic heterocycles. The van der Waals surface area contributed by atoms with Crippen molar-refractivity contribution in [1.29, 1.82) is 0 Å². The molecule has 4 N–H and O–H groups in total. The average molecular weight is 591 g/mol. The summed E-state index contributed by atoms with van der Waals surface area (Å²) in [6.45, 7) is 15.4. The Morgan fingerprint density at radius 2 is 1.79 bits per heavy atom. The van der Waals surface area contributed by atoms with Gasteiger partial charge in [0.25, 0.3) is 0 Å². The molecule has 2 heterocycles. The molecule has 10 atom stereocenters. The van der Waals surface area contributed by atoms with Gasteiger partial charge in [-0.25, -0.2) is 4.79 Å². The molecular weight excluding hydrogens is 536 g/mol. The van der Waals surface area contributed by atoms with Crippen LogP contribution in [0.25, 0.3) is 0 Å². The van der Waals surface area contributed by atoms with E-state index in [1.165, 1.54) is 0 Å². The Kier molecular flexibility index (Phi) is 11.3. The molecule has 2 saturated heterocycles. The molecule has 0 bridgehead atoms. The van der Waals surface area contributed by atoms with Crippen molar-refractivity contribution in [1.82, 2.24) is 0 Å². The number of rotatable bonds is 13. The summed E-state index contributed by atoms with van der Waals surface area (Å²) in [5, 5.41) is 42.1. The van der Waals surface area contributed by atoms with Crippen LogP contribution in [0, 0.1) is 30.6 Å². The maximum atomic E-state index is 13.9. The van der Waals surface area contributed by atoms with Crippen LogP contribution in [0.15, 0.2) is 12.1 Å². The van der Waals surface area contributed by atoms with E-state index >= 15 is 0 Å². The van der Waals surface area contributed by atoms with Crippen LogP contribution in [0.5, 0.6) is 5.75 Å². The lowest BCUT2D eigenvalue weighted by Crippen LogP contribution is -2.55. The zero-order valence-electron chi connectivity index (χ0n) is 26.9. The number of carboxylic acids is 1. The van der Waals surface area contributed by atoms with E-state index in [1.807, 2.05) is 27.7 Å². The number of carbonyl (C=O) groups excluding carboxylic acids is 1. The van der Waals surface area contributed by atoms with Gasteiger partial charge in [-0.1, -0.05) is 53.7 Å². The molecule has 1 aromatic rings. The molecular formula is C34H54O8. The van der Waals surface area contributed by atoms with Crippen LogP contribution < -0.4 is 0 Å². The number of phenols is 1. The van der Waals surface area contributed by atoms with Gasteiger partial charge >= 0.3 is 5.97 Å². The third-order valence-electron chi connectivity index (χ3n) is 10.7. The number of aliphatic hydroxyl groups is 2. The molecule has 2 aliphatic rings. The van der Waals surface area contributed by atoms with E-state index in [2.05, 4.69) is 13.8 Å². The fraction of sp³-hybridized carbons (Fsp3) is 0.765. The molecule has 2 aliphatic heterocycles. The number of carbonyl (C=O) groups is 2. The third-order valence-corrected chi connectivity index (χ3v) is 10.7. The van der Waals surface area contributed by atoms with Crippen LogP contribution in [-0.2, 0) is 20.7 Å². The molecule has 3 rings (SSSR count). The summed E-state index contributed by atoms with van der Waals surface area (Å²) >= 11 is 0. The Bertz CT molecular complexity index is 1100. The summed E-state index contributed by atoms with van der Waals surface area (Å²) in [5.41, 5.74) is -0.437. The van der Waals surface area contributed by atoms with Crippen molar-refractivity contribution in [3.8, 4) is 5.75 Å². The van der Waals surface area contributed by atoms with Crippen LogP contribution in [-0.4, -0.2) is 67.8 Å². The summed E-state index contributed by atoms with van der Waals surface area (Å²) < 4.78 is 13.2. The highest BCUT2D eigenvalue weighted by Crippen LogP contribution is 2.48. The minimum atomic E-state index is -1.18. The Balaban J connectivity index is 1.69. The fourth-order valence-electron chi connectivity index (χ4n) is 7.45. The average Bonchev–Trinajstić information content (AvgIpc) is 3.31. The zero-order chi connectivity index (χ0) is 31.6. The van der Waals surface area contributed by atoms with Gasteiger partial charge in [-0.05, 0) is 88.2 Å². The van der Waals surface area contributed by atoms with E-state index in [4.69, 9.17) is 9.47 Å². The summed E-state index contributed by atoms with van der Waals surface area (Å²) in [6.07, 6.45) is 3.34. The standard InChI is InChI=1S/C34H54O8/c1-9-25(31-21(6)18-34(11-3,42-31)26-16-17-33(40,10-2)23(8)41-26)30(37)22(7)28(35)19(4)12-14-24-15-13-20(5)29(36)27(24)32(38)39/h13,15,19,21-23,25-26,28,31,35-36,40H,9-12,14,16-18H2,1-8H3,(H,38,39)/t19?,21-,22?,23+,25?,26-,28?,31+,33?,34+/m1/s1. The van der Waals surface area contributed by atoms with E-state index in [-0.39, 0.29) is 53.2 Å². The first kappa shape index (κ1) is 34.5. The third kappa shape index (κ3) is 6.72. The van der Waals surface area contributed by atoms with Crippen LogP contribution in [0.1, 0.15) is 115 Å². The second-order valence-corrected chi connectivity index (χ2v) is 13.2. The number of Topliss-reactive ketones (excluding diaryl/α,β-unsaturated/α-hetero) is 1. The minimum Gasteiger partial charge on any atom is -0.507 e. The summed E-state index contributed by atoms with van der Waals surface area (Å²) in [6, 6.07) is 3.40. The molecule has 0 amide bonds. The van der Waals surface area contributed by atoms with Gasteiger partial charge in [0.05, 0.1) is 35.6 Å². The Morgan fingerprint density at radius 1 is 1.12 bits per heavy atom. The number of ketones is 1. The summed E-state index contributed by atoms with van der Waals surface area (Å²) in [4.78, 5) is 25.7. The topological polar surface area (TPSA) is 134 Å². The van der Waals surface area contributed by atoms with E-state index < -0.39 is 29.2 Å². The second kappa shape index (κ2) is 13.7. The Labute approximate surface area is 251 Å². The number of aliphatic hydroxyl groups excluding tert-OH is 1. The quantitative estimate of drug-likeness (QED) is 0.225. The van der Waals surface area contributed by atoms with Crippen molar-refractivity contribution in [3.63, 3.8) is 0 Å². The number of carboxylic acid groups (broad SMARTS) is 1. The van der Waals surface area contributed by atoms with Gasteiger partial charge in [0.1, 0.15) is 17.1 Å². The first-order valence-electron chi connectivity index (χ1n) is 16.0. The summed E-state index contributed by atoms with van der Waals surface area (Å²) in [5.74, 6) is -2.55. The van der Waals surface area contributed by atoms with Crippen molar-refractivity contribution >= 4 is 11.8 Å². The lowest BCUT2D eigenvalue weighted by molar-refractivity contribution is -0.229. The molecule has 2 fully saturated rings. The first-order chi connectivity index (χ1) is 19.7. The molecule has 0 radical (unpaired) electrons. The minimum absolute atomic E-state index is 0.0157. The number of benzene rings is 1. The number of aryl methyl sites for hydroxylation is 2. The van der Waals surface area contributed by atoms with Gasteiger partial charge < -0.3 is 29.9 Å². The highest BCUT2D eigenvalue weighted by atomic mass is 16.6. The molecule has 238 valence electrons. The van der Waals surface area contributed by atoms with E-state index in [1.54, 1.807) is 26.0 Å². The van der Waals surface area contributed by atoms with Gasteiger partial charge in [0, 0.05) is 11.8 Å². The first-order valence-corrected chi connectivity index (χ1v) is 16.0. The second-order valence-electron chi connectivity index (χ2n) is 13.2. The van der Waals surface area contributed by atoms with Crippen molar-refractivity contribution in [2.45, 2.75) is 142 Å². The number of hydrogen-bond donors (Lipinski definition) is 4. The van der Waals surface area contributed by atoms with E-state index in [0.29, 0.717) is 49.7 Å². The van der Waals surface area contributed by atoms with Crippen LogP contribution in [0.2, 0.25) is 0 Å². The molecule has 8 heteroatoms. The van der Waals surface area contributed by atoms with Gasteiger partial charge in [-0.3, -0.25) is 4.79 Å². The van der Waals surface area contributed by atoms with Crippen molar-refractivity contribution in [2.24, 2.45) is 23.7 Å². The largest absolute Gasteiger partial charge is 0.507 e. The van der Waals surface area contributed by atoms with Crippen molar-refractivity contribution in [2.75, 3.05) is 0 Å². The molecule has 1 aromatic carbocycles. The lowest BCUT2D eigenvalue weighted by Gasteiger charge is -2.47. The number of hydrogen-bond acceptors (Lipinski definition) is 7. The SMILES string of the molecule is CCC(C(=O)C(C)C(O)C(C)CCc1ccc(C)c(O)c1C(=O)O)[C@H]1O[C@](CC)([C@H]2CCC(O)(CC)[C@H](C)O2)C[C@H]1C. The predicted octanol–water partition coefficient (Wildman–Crippen LogP) is 5.84. The van der Waals surface area contributed by atoms with Gasteiger partial charge in [-0.15, -0.1) is 0 Å². The maximum Gasteiger partial charge on any atom is 0.339 e. The number of aromatic carboxylic acids is 1. The fourth-order valence-corrected chi connectivity index (χ4v) is 7.45. The Hall–Kier alpha value is -2.00. The highest BCUT2D eigenvalue weighted by Gasteiger charge is 2.55. The maximum absolute atomic E-state index is 13.9. The Morgan fingerprint density at radius 3 is 2.33 bits per heavy atom. The number of ether oxygens (including phenoxy) is 2. The smallest absolute Gasteiger partial charge is 0.339 e. The van der Waals surface area contributed by atoms with Crippen LogP contribution in [0.4, 0.5) is 0 Å². The molecule has 8 nitrogen and oxygen atoms in total. The van der Waals surface area contributed by atoms with Gasteiger partial charge in [0.2, 0.25) is 0 Å². The molecule has 0 saturated carbocycles. The monoisotopic (exact) mass is 590 g/mol. The molecule has 0 spiro atoms. The highest BCUT2D eigenvalue weighted by molar-refractivity contribution is 5.93. The van der Waals surface area contributed by atoms with Crippen molar-refractivity contribution < 1.29 is 39.5 Å². The molecule has 0 aliphatic carbocycles. The molecule has 42 heavy (non-hydrogen) atoms. The van der Waals surface area contributed by atoms with Crippen LogP contribution >= 0.6 is 0 Å². The summed E-state index contributed by atoms with van der Waals surface area (Å²) in [7, 11) is 0.